The molecule has 0 saturated heterocycles. The molecule has 1 aliphatic carbocycles. The molecule has 11 heteroatoms. The van der Waals surface area contributed by atoms with Crippen molar-refractivity contribution in [3.05, 3.63) is 70.1 Å². The van der Waals surface area contributed by atoms with Crippen molar-refractivity contribution in [2.75, 3.05) is 5.32 Å². The number of para-hydroxylation sites is 1. The second kappa shape index (κ2) is 6.07. The number of ketones is 2. The summed E-state index contributed by atoms with van der Waals surface area (Å²) in [6.45, 7) is 0. The largest absolute Gasteiger partial charge is 0.359 e. The third-order valence-electron chi connectivity index (χ3n) is 5.01. The first kappa shape index (κ1) is 19.5. The summed E-state index contributed by atoms with van der Waals surface area (Å²) < 4.78 is 69.4. The first-order chi connectivity index (χ1) is 13.5. The Balaban J connectivity index is 2.09. The molecule has 1 aliphatic heterocycles. The van der Waals surface area contributed by atoms with Crippen LogP contribution >= 0.6 is 0 Å². The standard InChI is InChI=1S/C18H13NO8S2/c20-16-11-6-2-3-7-12(11)17(21)15(16)18(29(25,26)27)14(28(22,23)24)9-10-5-1-4-8-13(10)19-18/h1-9,15,19H,(H,22,23,24)(H,25,26,27). The van der Waals surface area contributed by atoms with E-state index in [1.165, 1.54) is 48.5 Å². The molecular formula is C18H13NO8S2. The number of hydrogen-bond donors (Lipinski definition) is 3. The molecule has 0 amide bonds. The monoisotopic (exact) mass is 435 g/mol. The predicted molar refractivity (Wildman–Crippen MR) is 102 cm³/mol. The summed E-state index contributed by atoms with van der Waals surface area (Å²) in [5.41, 5.74) is 0.00522. The zero-order valence-corrected chi connectivity index (χ0v) is 16.1. The molecule has 9 nitrogen and oxygen atoms in total. The minimum Gasteiger partial charge on any atom is -0.359 e. The Labute approximate surface area is 165 Å². The average molecular weight is 435 g/mol. The van der Waals surface area contributed by atoms with Crippen molar-refractivity contribution in [1.82, 2.24) is 0 Å². The Bertz CT molecular complexity index is 1290. The van der Waals surface area contributed by atoms with E-state index in [1.54, 1.807) is 0 Å². The van der Waals surface area contributed by atoms with Crippen molar-refractivity contribution in [3.63, 3.8) is 0 Å². The van der Waals surface area contributed by atoms with Gasteiger partial charge in [0.1, 0.15) is 10.8 Å². The summed E-state index contributed by atoms with van der Waals surface area (Å²) in [6, 6.07) is 11.3. The van der Waals surface area contributed by atoms with Gasteiger partial charge in [0.05, 0.1) is 0 Å². The van der Waals surface area contributed by atoms with Gasteiger partial charge < -0.3 is 5.32 Å². The Morgan fingerprint density at radius 3 is 1.86 bits per heavy atom. The Kier molecular flexibility index (Phi) is 4.07. The van der Waals surface area contributed by atoms with Gasteiger partial charge in [0.2, 0.25) is 4.87 Å². The summed E-state index contributed by atoms with van der Waals surface area (Å²) in [7, 11) is -10.8. The summed E-state index contributed by atoms with van der Waals surface area (Å²) in [6.07, 6.45) is 0.818. The van der Waals surface area contributed by atoms with Crippen molar-refractivity contribution < 1.29 is 35.5 Å². The van der Waals surface area contributed by atoms with E-state index in [4.69, 9.17) is 0 Å². The van der Waals surface area contributed by atoms with Crippen LogP contribution in [-0.4, -0.2) is 42.4 Å². The van der Waals surface area contributed by atoms with E-state index >= 15 is 0 Å². The van der Waals surface area contributed by atoms with E-state index in [1.807, 2.05) is 0 Å². The fourth-order valence-electron chi connectivity index (χ4n) is 3.78. The number of nitrogens with one attached hydrogen (secondary N) is 1. The lowest BCUT2D eigenvalue weighted by atomic mass is 9.89. The molecule has 1 atom stereocenters. The Morgan fingerprint density at radius 1 is 0.828 bits per heavy atom. The number of rotatable bonds is 3. The van der Waals surface area contributed by atoms with Gasteiger partial charge >= 0.3 is 0 Å². The van der Waals surface area contributed by atoms with Crippen LogP contribution in [0.1, 0.15) is 26.3 Å². The molecule has 0 bridgehead atoms. The number of benzene rings is 2. The molecule has 0 saturated carbocycles. The fraction of sp³-hybridized carbons (Fsp3) is 0.111. The number of Topliss-reactive ketones (excluding diaryl/α,β-unsaturated/α-hetero) is 2. The van der Waals surface area contributed by atoms with Crippen LogP contribution in [-0.2, 0) is 20.2 Å². The Morgan fingerprint density at radius 2 is 1.34 bits per heavy atom. The molecule has 0 spiro atoms. The lowest BCUT2D eigenvalue weighted by Crippen LogP contribution is -2.59. The number of anilines is 1. The highest BCUT2D eigenvalue weighted by Gasteiger charge is 2.65. The summed E-state index contributed by atoms with van der Waals surface area (Å²) in [5, 5.41) is 2.36. The molecule has 1 unspecified atom stereocenters. The molecule has 0 radical (unpaired) electrons. The van der Waals surface area contributed by atoms with Crippen LogP contribution in [0.25, 0.3) is 6.08 Å². The van der Waals surface area contributed by atoms with Crippen molar-refractivity contribution in [2.45, 2.75) is 4.87 Å². The first-order valence-electron chi connectivity index (χ1n) is 8.20. The van der Waals surface area contributed by atoms with Gasteiger partial charge in [-0.2, -0.15) is 16.8 Å². The molecule has 2 aliphatic rings. The molecule has 3 N–H and O–H groups in total. The highest BCUT2D eigenvalue weighted by Crippen LogP contribution is 2.47. The van der Waals surface area contributed by atoms with Crippen LogP contribution in [0.15, 0.2) is 53.4 Å². The lowest BCUT2D eigenvalue weighted by Gasteiger charge is -2.39. The van der Waals surface area contributed by atoms with Gasteiger partial charge in [0, 0.05) is 16.8 Å². The van der Waals surface area contributed by atoms with E-state index in [9.17, 15) is 35.5 Å². The molecule has 150 valence electrons. The number of carbonyl (C=O) groups is 2. The van der Waals surface area contributed by atoms with Crippen LogP contribution in [0.3, 0.4) is 0 Å². The normalized spacial score (nSPS) is 21.9. The number of carbonyl (C=O) groups excluding carboxylic acids is 2. The number of hydrogen-bond acceptors (Lipinski definition) is 7. The quantitative estimate of drug-likeness (QED) is 0.482. The molecule has 1 heterocycles. The SMILES string of the molecule is O=C1c2ccccc2C(=O)C1C1(S(=O)(=O)O)Nc2ccccc2C=C1S(=O)(=O)O. The maximum Gasteiger partial charge on any atom is 0.295 e. The van der Waals surface area contributed by atoms with E-state index in [-0.39, 0.29) is 22.4 Å². The smallest absolute Gasteiger partial charge is 0.295 e. The van der Waals surface area contributed by atoms with Gasteiger partial charge in [-0.25, -0.2) is 0 Å². The van der Waals surface area contributed by atoms with Crippen molar-refractivity contribution in [2.24, 2.45) is 5.92 Å². The van der Waals surface area contributed by atoms with Crippen molar-refractivity contribution in [3.8, 4) is 0 Å². The summed E-state index contributed by atoms with van der Waals surface area (Å²) in [4.78, 5) is 21.7. The molecule has 0 aromatic heterocycles. The van der Waals surface area contributed by atoms with Crippen LogP contribution in [0.2, 0.25) is 0 Å². The average Bonchev–Trinajstić information content (AvgIpc) is 2.90. The van der Waals surface area contributed by atoms with E-state index in [0.717, 1.165) is 6.08 Å². The second-order valence-corrected chi connectivity index (χ2v) is 9.60. The lowest BCUT2D eigenvalue weighted by molar-refractivity contribution is 0.0816. The highest BCUT2D eigenvalue weighted by molar-refractivity contribution is 7.94. The molecule has 2 aromatic rings. The van der Waals surface area contributed by atoms with Crippen LogP contribution in [0.4, 0.5) is 5.69 Å². The zero-order valence-electron chi connectivity index (χ0n) is 14.4. The predicted octanol–water partition coefficient (Wildman–Crippen LogP) is 1.62. The van der Waals surface area contributed by atoms with Crippen LogP contribution in [0, 0.1) is 5.92 Å². The summed E-state index contributed by atoms with van der Waals surface area (Å²) >= 11 is 0. The number of fused-ring (bicyclic) bond motifs is 2. The topological polar surface area (TPSA) is 155 Å². The molecule has 2 aromatic carbocycles. The van der Waals surface area contributed by atoms with Gasteiger partial charge in [0.15, 0.2) is 11.6 Å². The maximum atomic E-state index is 13.0. The fourth-order valence-corrected chi connectivity index (χ4v) is 6.30. The van der Waals surface area contributed by atoms with Crippen LogP contribution < -0.4 is 5.32 Å². The Hall–Kier alpha value is -2.86. The molecule has 29 heavy (non-hydrogen) atoms. The molecule has 4 rings (SSSR count). The van der Waals surface area contributed by atoms with Gasteiger partial charge in [-0.05, 0) is 17.7 Å². The van der Waals surface area contributed by atoms with Gasteiger partial charge in [-0.3, -0.25) is 18.7 Å². The highest BCUT2D eigenvalue weighted by atomic mass is 32.2. The van der Waals surface area contributed by atoms with E-state index < -0.39 is 47.5 Å². The minimum atomic E-state index is -5.49. The van der Waals surface area contributed by atoms with Crippen molar-refractivity contribution >= 4 is 43.6 Å². The molecular weight excluding hydrogens is 422 g/mol. The van der Waals surface area contributed by atoms with Gasteiger partial charge in [0.25, 0.3) is 20.2 Å². The zero-order chi connectivity index (χ0) is 21.2. The maximum absolute atomic E-state index is 13.0. The van der Waals surface area contributed by atoms with Gasteiger partial charge in [-0.15, -0.1) is 0 Å². The minimum absolute atomic E-state index is 0.0501. The first-order valence-corrected chi connectivity index (χ1v) is 11.1. The molecule has 0 fully saturated rings. The van der Waals surface area contributed by atoms with Crippen LogP contribution in [0.5, 0.6) is 0 Å². The van der Waals surface area contributed by atoms with E-state index in [0.29, 0.717) is 0 Å². The summed E-state index contributed by atoms with van der Waals surface area (Å²) in [5.74, 6) is -4.16. The van der Waals surface area contributed by atoms with Gasteiger partial charge in [-0.1, -0.05) is 42.5 Å². The van der Waals surface area contributed by atoms with E-state index in [2.05, 4.69) is 5.32 Å². The second-order valence-electron chi connectivity index (χ2n) is 6.61. The van der Waals surface area contributed by atoms with Crippen molar-refractivity contribution in [1.29, 1.82) is 0 Å². The third kappa shape index (κ3) is 2.66. The third-order valence-corrected chi connectivity index (χ3v) is 7.50.